The van der Waals surface area contributed by atoms with E-state index >= 15 is 0 Å². The average Bonchev–Trinajstić information content (AvgIpc) is 3.21. The number of hydrogen-bond acceptors (Lipinski definition) is 5. The van der Waals surface area contributed by atoms with Crippen LogP contribution in [0.4, 0.5) is 14.9 Å². The van der Waals surface area contributed by atoms with Crippen molar-refractivity contribution in [1.29, 1.82) is 0 Å². The summed E-state index contributed by atoms with van der Waals surface area (Å²) in [5.74, 6) is -0.877. The summed E-state index contributed by atoms with van der Waals surface area (Å²) in [5, 5.41) is 2.90. The summed E-state index contributed by atoms with van der Waals surface area (Å²) in [6, 6.07) is 19.5. The maximum atomic E-state index is 13.2. The van der Waals surface area contributed by atoms with E-state index in [2.05, 4.69) is 5.32 Å². The molecule has 1 aliphatic rings. The van der Waals surface area contributed by atoms with Crippen molar-refractivity contribution in [2.45, 2.75) is 23.5 Å². The molecule has 0 spiro atoms. The first-order chi connectivity index (χ1) is 16.2. The number of halogens is 2. The minimum atomic E-state index is -3.89. The third-order valence-electron chi connectivity index (χ3n) is 5.44. The van der Waals surface area contributed by atoms with Gasteiger partial charge in [0.05, 0.1) is 17.5 Å². The molecule has 2 atom stereocenters. The Kier molecular flexibility index (Phi) is 6.85. The van der Waals surface area contributed by atoms with Gasteiger partial charge in [0.25, 0.3) is 15.0 Å². The Labute approximate surface area is 200 Å². The van der Waals surface area contributed by atoms with Gasteiger partial charge in [-0.25, -0.2) is 17.6 Å². The number of carbonyl (C=O) groups is 2. The summed E-state index contributed by atoms with van der Waals surface area (Å²) in [5.41, 5.74) is 1.64. The molecule has 4 rings (SSSR count). The summed E-state index contributed by atoms with van der Waals surface area (Å²) in [6.45, 7) is 0.132. The van der Waals surface area contributed by atoms with Gasteiger partial charge in [-0.3, -0.25) is 9.69 Å². The first kappa shape index (κ1) is 23.7. The van der Waals surface area contributed by atoms with Gasteiger partial charge in [-0.2, -0.15) is 0 Å². The lowest BCUT2D eigenvalue weighted by molar-refractivity contribution is 0.0840. The SMILES string of the molecule is O=C(NC(Cc1ccccc1)[C@@H]1CN(c2ccc(S(=O)(=O)Cl)cc2)C(=O)O1)c1ccc(F)cc1. The van der Waals surface area contributed by atoms with Crippen LogP contribution in [0.25, 0.3) is 0 Å². The van der Waals surface area contributed by atoms with Crippen molar-refractivity contribution < 1.29 is 27.1 Å². The van der Waals surface area contributed by atoms with E-state index in [1.807, 2.05) is 30.3 Å². The number of rotatable bonds is 7. The van der Waals surface area contributed by atoms with Gasteiger partial charge in [-0.1, -0.05) is 30.3 Å². The molecule has 7 nitrogen and oxygen atoms in total. The topological polar surface area (TPSA) is 92.8 Å². The summed E-state index contributed by atoms with van der Waals surface area (Å²) in [6.07, 6.45) is -0.919. The predicted octanol–water partition coefficient (Wildman–Crippen LogP) is 4.12. The zero-order valence-corrected chi connectivity index (χ0v) is 19.3. The zero-order chi connectivity index (χ0) is 24.3. The Morgan fingerprint density at radius 3 is 2.32 bits per heavy atom. The number of anilines is 1. The molecule has 0 bridgehead atoms. The fourth-order valence-corrected chi connectivity index (χ4v) is 4.46. The molecule has 0 saturated carbocycles. The van der Waals surface area contributed by atoms with Crippen LogP contribution in [0.15, 0.2) is 83.8 Å². The van der Waals surface area contributed by atoms with Crippen LogP contribution in [-0.4, -0.2) is 39.1 Å². The Hall–Kier alpha value is -3.43. The van der Waals surface area contributed by atoms with Crippen LogP contribution >= 0.6 is 10.7 Å². The molecule has 0 radical (unpaired) electrons. The maximum Gasteiger partial charge on any atom is 0.414 e. The largest absolute Gasteiger partial charge is 0.442 e. The van der Waals surface area contributed by atoms with Crippen molar-refractivity contribution in [2.24, 2.45) is 0 Å². The molecular weight excluding hydrogens is 483 g/mol. The van der Waals surface area contributed by atoms with Crippen LogP contribution in [0, 0.1) is 5.82 Å². The van der Waals surface area contributed by atoms with Crippen LogP contribution < -0.4 is 10.2 Å². The van der Waals surface area contributed by atoms with Gasteiger partial charge in [-0.05, 0) is 60.5 Å². The molecule has 2 amide bonds. The highest BCUT2D eigenvalue weighted by molar-refractivity contribution is 8.13. The molecule has 1 saturated heterocycles. The number of nitrogens with one attached hydrogen (secondary N) is 1. The molecule has 1 unspecified atom stereocenters. The first-order valence-electron chi connectivity index (χ1n) is 10.3. The van der Waals surface area contributed by atoms with Gasteiger partial charge in [0.15, 0.2) is 0 Å². The van der Waals surface area contributed by atoms with E-state index in [1.54, 1.807) is 0 Å². The number of hydrogen-bond donors (Lipinski definition) is 1. The number of cyclic esters (lactones) is 1. The second kappa shape index (κ2) is 9.82. The van der Waals surface area contributed by atoms with E-state index in [9.17, 15) is 22.4 Å². The Morgan fingerprint density at radius 2 is 1.71 bits per heavy atom. The van der Waals surface area contributed by atoms with Crippen LogP contribution in [0.2, 0.25) is 0 Å². The van der Waals surface area contributed by atoms with Gasteiger partial charge >= 0.3 is 6.09 Å². The predicted molar refractivity (Wildman–Crippen MR) is 125 cm³/mol. The highest BCUT2D eigenvalue weighted by Gasteiger charge is 2.38. The van der Waals surface area contributed by atoms with E-state index < -0.39 is 39.0 Å². The standard InChI is InChI=1S/C24H20ClFN2O5S/c25-34(31,32)20-12-10-19(11-13-20)28-15-22(33-24(28)30)21(14-16-4-2-1-3-5-16)27-23(29)17-6-8-18(26)9-7-17/h1-13,21-22H,14-15H2,(H,27,29)/t21?,22-/m0/s1. The highest BCUT2D eigenvalue weighted by Crippen LogP contribution is 2.26. The summed E-state index contributed by atoms with van der Waals surface area (Å²) in [4.78, 5) is 26.7. The highest BCUT2D eigenvalue weighted by atomic mass is 35.7. The van der Waals surface area contributed by atoms with Gasteiger partial charge in [-0.15, -0.1) is 0 Å². The molecular formula is C24H20ClFN2O5S. The van der Waals surface area contributed by atoms with Gasteiger partial charge in [0, 0.05) is 21.9 Å². The van der Waals surface area contributed by atoms with E-state index in [1.165, 1.54) is 53.4 Å². The lowest BCUT2D eigenvalue weighted by Crippen LogP contribution is -2.46. The van der Waals surface area contributed by atoms with E-state index in [0.717, 1.165) is 5.56 Å². The normalized spacial score (nSPS) is 16.7. The van der Waals surface area contributed by atoms with Crippen molar-refractivity contribution >= 4 is 37.4 Å². The molecule has 3 aromatic carbocycles. The number of nitrogens with zero attached hydrogens (tertiary/aromatic N) is 1. The quantitative estimate of drug-likeness (QED) is 0.491. The molecule has 1 aliphatic heterocycles. The molecule has 1 heterocycles. The third-order valence-corrected chi connectivity index (χ3v) is 6.80. The van der Waals surface area contributed by atoms with Crippen molar-refractivity contribution in [3.63, 3.8) is 0 Å². The number of benzene rings is 3. The molecule has 0 aromatic heterocycles. The minimum absolute atomic E-state index is 0.0875. The molecule has 1 fully saturated rings. The first-order valence-corrected chi connectivity index (χ1v) is 12.6. The van der Waals surface area contributed by atoms with E-state index in [4.69, 9.17) is 15.4 Å². The summed E-state index contributed by atoms with van der Waals surface area (Å²) in [7, 11) is 1.46. The second-order valence-corrected chi connectivity index (χ2v) is 10.3. The summed E-state index contributed by atoms with van der Waals surface area (Å²) < 4.78 is 41.8. The monoisotopic (exact) mass is 502 g/mol. The van der Waals surface area contributed by atoms with Gasteiger partial charge < -0.3 is 10.1 Å². The summed E-state index contributed by atoms with van der Waals surface area (Å²) >= 11 is 0. The molecule has 176 valence electrons. The average molecular weight is 503 g/mol. The van der Waals surface area contributed by atoms with Crippen molar-refractivity contribution in [2.75, 3.05) is 11.4 Å². The number of carbonyl (C=O) groups excluding carboxylic acids is 2. The van der Waals surface area contributed by atoms with Crippen LogP contribution in [0.1, 0.15) is 15.9 Å². The fraction of sp³-hybridized carbons (Fsp3) is 0.167. The molecule has 1 N–H and O–H groups in total. The Bertz CT molecular complexity index is 1290. The van der Waals surface area contributed by atoms with Crippen LogP contribution in [0.5, 0.6) is 0 Å². The molecule has 10 heteroatoms. The van der Waals surface area contributed by atoms with Crippen LogP contribution in [-0.2, 0) is 20.2 Å². The second-order valence-electron chi connectivity index (χ2n) is 7.74. The lowest BCUT2D eigenvalue weighted by Gasteiger charge is -2.23. The zero-order valence-electron chi connectivity index (χ0n) is 17.7. The van der Waals surface area contributed by atoms with E-state index in [-0.39, 0.29) is 17.0 Å². The molecule has 34 heavy (non-hydrogen) atoms. The number of amides is 2. The van der Waals surface area contributed by atoms with Crippen molar-refractivity contribution in [3.05, 3.63) is 95.8 Å². The molecule has 0 aliphatic carbocycles. The fourth-order valence-electron chi connectivity index (χ4n) is 3.69. The van der Waals surface area contributed by atoms with E-state index in [0.29, 0.717) is 12.1 Å². The molecule has 3 aromatic rings. The minimum Gasteiger partial charge on any atom is -0.442 e. The van der Waals surface area contributed by atoms with Crippen LogP contribution in [0.3, 0.4) is 0 Å². The van der Waals surface area contributed by atoms with Gasteiger partial charge in [0.2, 0.25) is 0 Å². The van der Waals surface area contributed by atoms with Crippen molar-refractivity contribution in [3.8, 4) is 0 Å². The smallest absolute Gasteiger partial charge is 0.414 e. The Morgan fingerprint density at radius 1 is 1.06 bits per heavy atom. The lowest BCUT2D eigenvalue weighted by atomic mass is 10.0. The number of ether oxygens (including phenoxy) is 1. The van der Waals surface area contributed by atoms with Crippen molar-refractivity contribution in [1.82, 2.24) is 5.32 Å². The van der Waals surface area contributed by atoms with Gasteiger partial charge in [0.1, 0.15) is 11.9 Å². The maximum absolute atomic E-state index is 13.2. The third kappa shape index (κ3) is 5.55. The Balaban J connectivity index is 1.55.